The lowest BCUT2D eigenvalue weighted by molar-refractivity contribution is 0.0427. The summed E-state index contributed by atoms with van der Waals surface area (Å²) in [6.45, 7) is 8.93. The molecule has 3 aromatic rings. The molecule has 1 atom stereocenters. The van der Waals surface area contributed by atoms with Crippen LogP contribution < -0.4 is 10.2 Å². The predicted octanol–water partition coefficient (Wildman–Crippen LogP) is 4.74. The van der Waals surface area contributed by atoms with E-state index < -0.39 is 17.5 Å². The van der Waals surface area contributed by atoms with E-state index in [0.29, 0.717) is 6.42 Å². The first-order valence-corrected chi connectivity index (χ1v) is 12.2. The fourth-order valence-electron chi connectivity index (χ4n) is 5.21. The lowest BCUT2D eigenvalue weighted by Crippen LogP contribution is -2.48. The number of rotatable bonds is 2. The van der Waals surface area contributed by atoms with Crippen molar-refractivity contribution >= 4 is 33.4 Å². The number of aryl methyl sites for hydroxylation is 1. The highest BCUT2D eigenvalue weighted by Gasteiger charge is 2.50. The Kier molecular flexibility index (Phi) is 5.54. The second-order valence-electron chi connectivity index (χ2n) is 10.2. The number of carbonyl (C=O) groups excluding carboxylic acids is 1. The molecule has 1 fully saturated rings. The number of aromatic nitrogens is 4. The van der Waals surface area contributed by atoms with Gasteiger partial charge in [0.2, 0.25) is 0 Å². The number of hydrogen-bond donors (Lipinski definition) is 1. The van der Waals surface area contributed by atoms with E-state index in [1.165, 1.54) is 12.3 Å². The number of anilines is 1. The van der Waals surface area contributed by atoms with Crippen molar-refractivity contribution in [1.29, 1.82) is 0 Å². The quantitative estimate of drug-likeness (QED) is 0.514. The highest BCUT2D eigenvalue weighted by molar-refractivity contribution is 9.10. The number of piperidine rings is 1. The van der Waals surface area contributed by atoms with Crippen molar-refractivity contribution in [3.05, 3.63) is 51.9 Å². The highest BCUT2D eigenvalue weighted by Crippen LogP contribution is 2.52. The van der Waals surface area contributed by atoms with Crippen LogP contribution in [-0.4, -0.2) is 44.4 Å². The first-order chi connectivity index (χ1) is 16.1. The van der Waals surface area contributed by atoms with Gasteiger partial charge in [-0.15, -0.1) is 0 Å². The van der Waals surface area contributed by atoms with Gasteiger partial charge in [0.25, 0.3) is 0 Å². The number of nitrogens with one attached hydrogen (secondary N) is 1. The number of ether oxygens (including phenoxy) is 1. The highest BCUT2D eigenvalue weighted by atomic mass is 79.9. The Balaban J connectivity index is 1.43. The van der Waals surface area contributed by atoms with Crippen molar-refractivity contribution in [1.82, 2.24) is 24.9 Å². The Morgan fingerprint density at radius 2 is 2.06 bits per heavy atom. The van der Waals surface area contributed by atoms with Gasteiger partial charge in [-0.25, -0.2) is 18.7 Å². The number of halogens is 2. The zero-order valence-corrected chi connectivity index (χ0v) is 21.3. The first-order valence-electron chi connectivity index (χ1n) is 11.4. The van der Waals surface area contributed by atoms with Gasteiger partial charge in [0.05, 0.1) is 24.1 Å². The molecule has 8 nitrogen and oxygen atoms in total. The summed E-state index contributed by atoms with van der Waals surface area (Å²) >= 11 is 3.57. The molecular weight excluding hydrogens is 503 g/mol. The minimum Gasteiger partial charge on any atom is -0.444 e. The summed E-state index contributed by atoms with van der Waals surface area (Å²) in [5.41, 5.74) is 2.50. The fourth-order valence-corrected chi connectivity index (χ4v) is 5.58. The molecule has 1 N–H and O–H groups in total. The Morgan fingerprint density at radius 3 is 2.76 bits per heavy atom. The molecule has 2 aliphatic rings. The van der Waals surface area contributed by atoms with Crippen LogP contribution in [0, 0.1) is 18.2 Å². The van der Waals surface area contributed by atoms with Crippen LogP contribution in [0.2, 0.25) is 0 Å². The minimum absolute atomic E-state index is 0.266. The monoisotopic (exact) mass is 530 g/mol. The van der Waals surface area contributed by atoms with Crippen LogP contribution in [0.3, 0.4) is 0 Å². The van der Waals surface area contributed by atoms with E-state index >= 15 is 0 Å². The van der Waals surface area contributed by atoms with Crippen LogP contribution in [0.1, 0.15) is 56.6 Å². The van der Waals surface area contributed by atoms with Gasteiger partial charge in [-0.3, -0.25) is 4.98 Å². The lowest BCUT2D eigenvalue weighted by Gasteiger charge is -2.43. The summed E-state index contributed by atoms with van der Waals surface area (Å²) in [5, 5.41) is 7.47. The van der Waals surface area contributed by atoms with E-state index in [9.17, 15) is 9.18 Å². The van der Waals surface area contributed by atoms with Gasteiger partial charge >= 0.3 is 6.09 Å². The molecular formula is C24H28BrFN6O2. The molecule has 1 aliphatic heterocycles. The third-order valence-electron chi connectivity index (χ3n) is 6.76. The molecule has 0 aromatic carbocycles. The zero-order chi connectivity index (χ0) is 24.3. The average molecular weight is 531 g/mol. The maximum atomic E-state index is 14.1. The SMILES string of the molecule is Cc1nc(N2CCC3(CC2)Cc2ncc(F)cc2[C@H]3NC(=O)OC(C)(C)C)c2ccnn2c1Br. The molecule has 0 saturated carbocycles. The maximum absolute atomic E-state index is 14.1. The van der Waals surface area contributed by atoms with Crippen LogP contribution in [-0.2, 0) is 11.2 Å². The number of hydrogen-bond acceptors (Lipinski definition) is 6. The fraction of sp³-hybridized carbons (Fsp3) is 0.500. The summed E-state index contributed by atoms with van der Waals surface area (Å²) < 4.78 is 22.4. The molecule has 34 heavy (non-hydrogen) atoms. The van der Waals surface area contributed by atoms with E-state index in [1.54, 1.807) is 6.20 Å². The van der Waals surface area contributed by atoms with Gasteiger partial charge in [-0.2, -0.15) is 5.10 Å². The predicted molar refractivity (Wildman–Crippen MR) is 129 cm³/mol. The first kappa shape index (κ1) is 23.0. The molecule has 0 unspecified atom stereocenters. The molecule has 180 valence electrons. The maximum Gasteiger partial charge on any atom is 0.408 e. The number of amides is 1. The number of alkyl carbamates (subject to hydrolysis) is 1. The standard InChI is InChI=1S/C24H28BrFN6O2/c1-14-20(25)32-18(5-8-28-32)21(29-14)31-9-6-24(7-10-31)12-17-16(11-15(26)13-27-17)19(24)30-22(33)34-23(2,3)4/h5,8,11,13,19H,6-7,9-10,12H2,1-4H3,(H,30,33)/t19-/m1/s1. The van der Waals surface area contributed by atoms with E-state index in [-0.39, 0.29) is 11.5 Å². The second-order valence-corrected chi connectivity index (χ2v) is 11.0. The minimum atomic E-state index is -0.621. The molecule has 0 radical (unpaired) electrons. The van der Waals surface area contributed by atoms with Crippen molar-refractivity contribution in [3.63, 3.8) is 0 Å². The number of nitrogens with zero attached hydrogens (tertiary/aromatic N) is 5. The summed E-state index contributed by atoms with van der Waals surface area (Å²) in [6, 6.07) is 3.10. The third-order valence-corrected chi connectivity index (χ3v) is 7.67. The number of carbonyl (C=O) groups is 1. The molecule has 1 amide bonds. The molecule has 0 bridgehead atoms. The Morgan fingerprint density at radius 1 is 1.32 bits per heavy atom. The normalized spacial score (nSPS) is 19.5. The zero-order valence-electron chi connectivity index (χ0n) is 19.7. The van der Waals surface area contributed by atoms with Gasteiger partial charge in [0.15, 0.2) is 5.82 Å². The number of pyridine rings is 1. The molecule has 3 aromatic heterocycles. The van der Waals surface area contributed by atoms with Gasteiger partial charge in [0, 0.05) is 24.2 Å². The van der Waals surface area contributed by atoms with Crippen LogP contribution >= 0.6 is 15.9 Å². The van der Waals surface area contributed by atoms with Crippen molar-refractivity contribution in [2.24, 2.45) is 5.41 Å². The molecule has 5 rings (SSSR count). The van der Waals surface area contributed by atoms with E-state index in [0.717, 1.165) is 58.8 Å². The van der Waals surface area contributed by atoms with E-state index in [4.69, 9.17) is 9.72 Å². The van der Waals surface area contributed by atoms with Crippen LogP contribution in [0.25, 0.3) is 5.52 Å². The number of fused-ring (bicyclic) bond motifs is 2. The summed E-state index contributed by atoms with van der Waals surface area (Å²) in [7, 11) is 0. The smallest absolute Gasteiger partial charge is 0.408 e. The Labute approximate surface area is 206 Å². The van der Waals surface area contributed by atoms with Crippen LogP contribution in [0.4, 0.5) is 15.0 Å². The topological polar surface area (TPSA) is 84.7 Å². The molecule has 10 heteroatoms. The van der Waals surface area contributed by atoms with Crippen LogP contribution in [0.5, 0.6) is 0 Å². The lowest BCUT2D eigenvalue weighted by atomic mass is 9.73. The Hall–Kier alpha value is -2.75. The summed E-state index contributed by atoms with van der Waals surface area (Å²) in [6.07, 6.45) is 4.80. The molecule has 1 spiro atoms. The average Bonchev–Trinajstić information content (AvgIpc) is 3.35. The third kappa shape index (κ3) is 4.01. The van der Waals surface area contributed by atoms with Crippen molar-refractivity contribution < 1.29 is 13.9 Å². The van der Waals surface area contributed by atoms with Crippen LogP contribution in [0.15, 0.2) is 29.1 Å². The summed E-state index contributed by atoms with van der Waals surface area (Å²) in [4.78, 5) is 24.2. The Bertz CT molecular complexity index is 1260. The van der Waals surface area contributed by atoms with Crippen molar-refractivity contribution in [3.8, 4) is 0 Å². The summed E-state index contributed by atoms with van der Waals surface area (Å²) in [5.74, 6) is 0.492. The van der Waals surface area contributed by atoms with Gasteiger partial charge in [-0.05, 0) is 80.6 Å². The van der Waals surface area contributed by atoms with E-state index in [1.807, 2.05) is 38.3 Å². The molecule has 4 heterocycles. The van der Waals surface area contributed by atoms with Gasteiger partial charge in [-0.1, -0.05) is 0 Å². The molecule has 1 aliphatic carbocycles. The largest absolute Gasteiger partial charge is 0.444 e. The second kappa shape index (κ2) is 8.18. The van der Waals surface area contributed by atoms with Crippen molar-refractivity contribution in [2.75, 3.05) is 18.0 Å². The van der Waals surface area contributed by atoms with Gasteiger partial charge < -0.3 is 15.0 Å². The van der Waals surface area contributed by atoms with E-state index in [2.05, 4.69) is 36.2 Å². The van der Waals surface area contributed by atoms with Gasteiger partial charge in [0.1, 0.15) is 21.5 Å². The van der Waals surface area contributed by atoms with Crippen molar-refractivity contribution in [2.45, 2.75) is 58.6 Å². The molecule has 1 saturated heterocycles.